The van der Waals surface area contributed by atoms with Crippen molar-refractivity contribution in [2.24, 2.45) is 5.41 Å². The summed E-state index contributed by atoms with van der Waals surface area (Å²) >= 11 is 0. The average Bonchev–Trinajstić information content (AvgIpc) is 2.52. The van der Waals surface area contributed by atoms with Gasteiger partial charge in [0.1, 0.15) is 5.75 Å². The predicted octanol–water partition coefficient (Wildman–Crippen LogP) is 2.86. The first kappa shape index (κ1) is 18.5. The van der Waals surface area contributed by atoms with Crippen LogP contribution in [0.1, 0.15) is 24.8 Å². The summed E-state index contributed by atoms with van der Waals surface area (Å²) in [4.78, 5) is 4.57. The molecule has 2 atom stereocenters. The molecule has 2 aliphatic heterocycles. The van der Waals surface area contributed by atoms with E-state index in [1.807, 2.05) is 0 Å². The molecule has 2 aliphatic rings. The van der Waals surface area contributed by atoms with Crippen LogP contribution in [0.2, 0.25) is 0 Å². The molecule has 2 heterocycles. The van der Waals surface area contributed by atoms with Crippen LogP contribution in [-0.4, -0.2) is 60.6 Å². The van der Waals surface area contributed by atoms with E-state index in [9.17, 15) is 18.3 Å². The normalized spacial score (nSPS) is 29.1. The molecular weight excluding hydrogens is 333 g/mol. The number of aliphatic hydroxyl groups excluding tert-OH is 1. The lowest BCUT2D eigenvalue weighted by molar-refractivity contribution is -0.274. The summed E-state index contributed by atoms with van der Waals surface area (Å²) in [5.41, 5.74) is 0.857. The second-order valence-corrected chi connectivity index (χ2v) is 7.41. The van der Waals surface area contributed by atoms with Crippen LogP contribution >= 0.6 is 0 Å². The monoisotopic (exact) mass is 358 g/mol. The standard InChI is InChI=1S/C18H25F3N2O2/c1-22-10-7-16(24)17(12-22)8-2-9-23(13-17)11-14-3-5-15(6-4-14)25-18(19,20)21/h3-6,16,24H,2,7-13H2,1H3/t16-,17-/m0/s1. The van der Waals surface area contributed by atoms with E-state index < -0.39 is 6.36 Å². The highest BCUT2D eigenvalue weighted by molar-refractivity contribution is 5.27. The molecular formula is C18H25F3N2O2. The maximum atomic E-state index is 12.2. The van der Waals surface area contributed by atoms with Gasteiger partial charge in [-0.1, -0.05) is 12.1 Å². The van der Waals surface area contributed by atoms with E-state index in [4.69, 9.17) is 0 Å². The second kappa shape index (κ2) is 7.13. The Labute approximate surface area is 146 Å². The Morgan fingerprint density at radius 1 is 1.20 bits per heavy atom. The predicted molar refractivity (Wildman–Crippen MR) is 88.2 cm³/mol. The van der Waals surface area contributed by atoms with Crippen LogP contribution in [0.5, 0.6) is 5.75 Å². The molecule has 0 unspecified atom stereocenters. The van der Waals surface area contributed by atoms with Crippen LogP contribution in [0, 0.1) is 5.41 Å². The minimum absolute atomic E-state index is 0.0927. The van der Waals surface area contributed by atoms with Crippen molar-refractivity contribution in [2.45, 2.75) is 38.3 Å². The van der Waals surface area contributed by atoms with E-state index in [1.165, 1.54) is 12.1 Å². The highest BCUT2D eigenvalue weighted by atomic mass is 19.4. The van der Waals surface area contributed by atoms with E-state index in [1.54, 1.807) is 12.1 Å². The molecule has 1 spiro atoms. The summed E-state index contributed by atoms with van der Waals surface area (Å²) in [6.07, 6.45) is -2.10. The smallest absolute Gasteiger partial charge is 0.406 e. The number of nitrogens with zero attached hydrogens (tertiary/aromatic N) is 2. The lowest BCUT2D eigenvalue weighted by Gasteiger charge is -2.50. The van der Waals surface area contributed by atoms with Gasteiger partial charge in [-0.25, -0.2) is 0 Å². The number of alkyl halides is 3. The quantitative estimate of drug-likeness (QED) is 0.901. The fourth-order valence-corrected chi connectivity index (χ4v) is 4.22. The molecule has 0 bridgehead atoms. The first-order chi connectivity index (χ1) is 11.8. The zero-order valence-corrected chi connectivity index (χ0v) is 14.4. The van der Waals surface area contributed by atoms with Crippen molar-refractivity contribution in [3.63, 3.8) is 0 Å². The fraction of sp³-hybridized carbons (Fsp3) is 0.667. The lowest BCUT2D eigenvalue weighted by Crippen LogP contribution is -2.58. The first-order valence-electron chi connectivity index (χ1n) is 8.69. The molecule has 4 nitrogen and oxygen atoms in total. The number of ether oxygens (including phenoxy) is 1. The van der Waals surface area contributed by atoms with Crippen molar-refractivity contribution in [2.75, 3.05) is 33.2 Å². The van der Waals surface area contributed by atoms with Crippen molar-refractivity contribution in [3.8, 4) is 5.75 Å². The van der Waals surface area contributed by atoms with E-state index in [0.717, 1.165) is 51.0 Å². The molecule has 2 fully saturated rings. The zero-order chi connectivity index (χ0) is 18.1. The molecule has 7 heteroatoms. The maximum Gasteiger partial charge on any atom is 0.573 e. The summed E-state index contributed by atoms with van der Waals surface area (Å²) in [5, 5.41) is 10.6. The Hall–Kier alpha value is -1.31. The van der Waals surface area contributed by atoms with Crippen LogP contribution < -0.4 is 4.74 Å². The largest absolute Gasteiger partial charge is 0.573 e. The molecule has 1 aromatic rings. The van der Waals surface area contributed by atoms with E-state index in [-0.39, 0.29) is 17.3 Å². The Balaban J connectivity index is 1.63. The van der Waals surface area contributed by atoms with Gasteiger partial charge in [-0.15, -0.1) is 13.2 Å². The van der Waals surface area contributed by atoms with Crippen molar-refractivity contribution in [1.29, 1.82) is 0 Å². The molecule has 0 aromatic heterocycles. The van der Waals surface area contributed by atoms with Crippen LogP contribution in [0.3, 0.4) is 0 Å². The molecule has 2 saturated heterocycles. The van der Waals surface area contributed by atoms with Gasteiger partial charge in [-0.05, 0) is 50.6 Å². The van der Waals surface area contributed by atoms with Gasteiger partial charge in [0.2, 0.25) is 0 Å². The Morgan fingerprint density at radius 3 is 2.60 bits per heavy atom. The number of aliphatic hydroxyl groups is 1. The number of hydrogen-bond acceptors (Lipinski definition) is 4. The molecule has 1 N–H and O–H groups in total. The molecule has 1 aromatic carbocycles. The number of piperidine rings is 2. The number of benzene rings is 1. The molecule has 0 aliphatic carbocycles. The van der Waals surface area contributed by atoms with Crippen LogP contribution in [0.25, 0.3) is 0 Å². The van der Waals surface area contributed by atoms with Gasteiger partial charge in [0.25, 0.3) is 0 Å². The molecule has 0 radical (unpaired) electrons. The summed E-state index contributed by atoms with van der Waals surface area (Å²) in [5.74, 6) is -0.198. The SMILES string of the molecule is CN1CC[C@H](O)[C@@]2(CCCN(Cc3ccc(OC(F)(F)F)cc3)C2)C1. The van der Waals surface area contributed by atoms with Gasteiger partial charge in [-0.3, -0.25) is 4.90 Å². The van der Waals surface area contributed by atoms with Gasteiger partial charge in [-0.2, -0.15) is 0 Å². The van der Waals surface area contributed by atoms with Gasteiger partial charge >= 0.3 is 6.36 Å². The zero-order valence-electron chi connectivity index (χ0n) is 14.4. The van der Waals surface area contributed by atoms with Crippen molar-refractivity contribution in [1.82, 2.24) is 9.80 Å². The lowest BCUT2D eigenvalue weighted by atomic mass is 9.71. The fourth-order valence-electron chi connectivity index (χ4n) is 4.22. The topological polar surface area (TPSA) is 35.9 Å². The number of halogens is 3. The van der Waals surface area contributed by atoms with E-state index in [0.29, 0.717) is 6.54 Å². The highest BCUT2D eigenvalue weighted by Crippen LogP contribution is 2.38. The van der Waals surface area contributed by atoms with Crippen molar-refractivity contribution < 1.29 is 23.0 Å². The molecule has 25 heavy (non-hydrogen) atoms. The summed E-state index contributed by atoms with van der Waals surface area (Å²) in [7, 11) is 2.09. The van der Waals surface area contributed by atoms with Crippen molar-refractivity contribution >= 4 is 0 Å². The van der Waals surface area contributed by atoms with E-state index in [2.05, 4.69) is 21.6 Å². The van der Waals surface area contributed by atoms with Crippen molar-refractivity contribution in [3.05, 3.63) is 29.8 Å². The second-order valence-electron chi connectivity index (χ2n) is 7.41. The van der Waals surface area contributed by atoms with Gasteiger partial charge in [0.05, 0.1) is 6.10 Å². The first-order valence-corrected chi connectivity index (χ1v) is 8.69. The molecule has 140 valence electrons. The maximum absolute atomic E-state index is 12.2. The third kappa shape index (κ3) is 4.65. The average molecular weight is 358 g/mol. The molecule has 3 rings (SSSR count). The molecule has 0 saturated carbocycles. The molecule has 0 amide bonds. The highest BCUT2D eigenvalue weighted by Gasteiger charge is 2.44. The van der Waals surface area contributed by atoms with Crippen LogP contribution in [0.15, 0.2) is 24.3 Å². The van der Waals surface area contributed by atoms with Crippen LogP contribution in [-0.2, 0) is 6.54 Å². The minimum atomic E-state index is -4.66. The van der Waals surface area contributed by atoms with Gasteiger partial charge < -0.3 is 14.7 Å². The number of likely N-dealkylation sites (tertiary alicyclic amines) is 2. The third-order valence-corrected chi connectivity index (χ3v) is 5.33. The number of hydrogen-bond donors (Lipinski definition) is 1. The summed E-state index contributed by atoms with van der Waals surface area (Å²) < 4.78 is 40.6. The van der Waals surface area contributed by atoms with Gasteiger partial charge in [0, 0.05) is 31.6 Å². The van der Waals surface area contributed by atoms with Crippen LogP contribution in [0.4, 0.5) is 13.2 Å². The number of rotatable bonds is 3. The summed E-state index contributed by atoms with van der Waals surface area (Å²) in [6.45, 7) is 4.25. The summed E-state index contributed by atoms with van der Waals surface area (Å²) in [6, 6.07) is 6.05. The minimum Gasteiger partial charge on any atom is -0.406 e. The van der Waals surface area contributed by atoms with Gasteiger partial charge in [0.15, 0.2) is 0 Å². The Bertz CT molecular complexity index is 579. The Morgan fingerprint density at radius 2 is 1.92 bits per heavy atom. The third-order valence-electron chi connectivity index (χ3n) is 5.33. The van der Waals surface area contributed by atoms with E-state index >= 15 is 0 Å². The Kier molecular flexibility index (Phi) is 5.27.